The van der Waals surface area contributed by atoms with Crippen molar-refractivity contribution in [3.05, 3.63) is 71.8 Å². The maximum Gasteiger partial charge on any atom is 0.208 e. The highest BCUT2D eigenvalue weighted by Gasteiger charge is 2.27. The summed E-state index contributed by atoms with van der Waals surface area (Å²) in [6.45, 7) is 32.0. The second-order valence-corrected chi connectivity index (χ2v) is 17.2. The lowest BCUT2D eigenvalue weighted by atomic mass is 9.89. The zero-order valence-electron chi connectivity index (χ0n) is 35.1. The fourth-order valence-corrected chi connectivity index (χ4v) is 6.33. The van der Waals surface area contributed by atoms with Gasteiger partial charge in [-0.2, -0.15) is 0 Å². The van der Waals surface area contributed by atoms with Crippen molar-refractivity contribution in [1.29, 1.82) is 0 Å². The molecular weight excluding hydrogens is 671 g/mol. The number of nitrogens with zero attached hydrogens (tertiary/aromatic N) is 2. The van der Waals surface area contributed by atoms with E-state index in [1.54, 1.807) is 28.1 Å². The molecule has 52 heavy (non-hydrogen) atoms. The summed E-state index contributed by atoms with van der Waals surface area (Å²) in [5.74, 6) is 2.56. The number of rotatable bonds is 11. The minimum absolute atomic E-state index is 0. The number of morpholine rings is 1. The van der Waals surface area contributed by atoms with E-state index in [9.17, 15) is 8.42 Å². The number of sulfonamides is 1. The van der Waals surface area contributed by atoms with Crippen LogP contribution in [0.1, 0.15) is 113 Å². The van der Waals surface area contributed by atoms with Crippen LogP contribution in [0.4, 0.5) is 0 Å². The molecule has 304 valence electrons. The molecular formula is C43H81N3O5S. The number of likely N-dealkylation sites (tertiary alicyclic amines) is 1. The lowest BCUT2D eigenvalue weighted by Gasteiger charge is -2.40. The molecule has 2 heterocycles. The Morgan fingerprint density at radius 2 is 1.23 bits per heavy atom. The molecule has 0 bridgehead atoms. The van der Waals surface area contributed by atoms with Gasteiger partial charge in [0.25, 0.3) is 0 Å². The zero-order valence-corrected chi connectivity index (χ0v) is 35.9. The summed E-state index contributed by atoms with van der Waals surface area (Å²) in [5, 5.41) is 0. The van der Waals surface area contributed by atoms with E-state index in [2.05, 4.69) is 138 Å². The van der Waals surface area contributed by atoms with Crippen LogP contribution >= 0.6 is 0 Å². The Labute approximate surface area is 322 Å². The molecule has 0 spiro atoms. The summed E-state index contributed by atoms with van der Waals surface area (Å²) in [4.78, 5) is 4.85. The van der Waals surface area contributed by atoms with Crippen LogP contribution < -0.4 is 4.72 Å². The van der Waals surface area contributed by atoms with Crippen LogP contribution in [0, 0.1) is 11.8 Å². The molecule has 0 aliphatic carbocycles. The first-order valence-electron chi connectivity index (χ1n) is 19.0. The van der Waals surface area contributed by atoms with E-state index in [1.165, 1.54) is 11.1 Å². The number of hydrogen-bond donors (Lipinski definition) is 1. The number of methoxy groups -OCH3 is 2. The molecule has 8 nitrogen and oxygen atoms in total. The van der Waals surface area contributed by atoms with Crippen molar-refractivity contribution in [2.45, 2.75) is 133 Å². The van der Waals surface area contributed by atoms with Gasteiger partial charge in [0.1, 0.15) is 0 Å². The average molecular weight is 752 g/mol. The Hall–Kier alpha value is -1.85. The van der Waals surface area contributed by atoms with E-state index in [-0.39, 0.29) is 13.5 Å². The first-order chi connectivity index (χ1) is 23.8. The molecule has 9 heteroatoms. The monoisotopic (exact) mass is 752 g/mol. The SMILES string of the molecule is C.CC(C)C(C)c1ccccc1.CC(C)NS(C)(=O)=O.CC1CN(C(C)C)CCO1.COC1CN(C(C)C)C1.COCC(c1ccccc1)C(C)C. The van der Waals surface area contributed by atoms with Crippen LogP contribution in [-0.4, -0.2) is 108 Å². The first-order valence-corrected chi connectivity index (χ1v) is 20.9. The first kappa shape index (κ1) is 52.3. The molecule has 0 radical (unpaired) electrons. The number of hydrogen-bond acceptors (Lipinski definition) is 7. The van der Waals surface area contributed by atoms with Gasteiger partial charge in [0.2, 0.25) is 10.0 Å². The van der Waals surface area contributed by atoms with Crippen LogP contribution in [0.25, 0.3) is 0 Å². The largest absolute Gasteiger partial charge is 0.384 e. The molecule has 2 aliphatic heterocycles. The summed E-state index contributed by atoms with van der Waals surface area (Å²) in [7, 11) is 0.569. The van der Waals surface area contributed by atoms with Gasteiger partial charge < -0.3 is 14.2 Å². The zero-order chi connectivity index (χ0) is 39.1. The van der Waals surface area contributed by atoms with Crippen LogP contribution in [0.2, 0.25) is 0 Å². The fraction of sp³-hybridized carbons (Fsp3) is 0.721. The molecule has 4 rings (SSSR count). The average Bonchev–Trinajstić information content (AvgIpc) is 3.03. The minimum atomic E-state index is -2.97. The van der Waals surface area contributed by atoms with E-state index in [0.29, 0.717) is 42.0 Å². The Morgan fingerprint density at radius 1 is 0.750 bits per heavy atom. The van der Waals surface area contributed by atoms with Crippen molar-refractivity contribution >= 4 is 10.0 Å². The van der Waals surface area contributed by atoms with Gasteiger partial charge in [-0.25, -0.2) is 13.1 Å². The molecule has 2 fully saturated rings. The Kier molecular flexibility index (Phi) is 28.7. The smallest absolute Gasteiger partial charge is 0.208 e. The third-order valence-corrected chi connectivity index (χ3v) is 10.00. The molecule has 3 unspecified atom stereocenters. The summed E-state index contributed by atoms with van der Waals surface area (Å²) >= 11 is 0. The van der Waals surface area contributed by atoms with Crippen LogP contribution in [0.15, 0.2) is 60.7 Å². The third-order valence-electron chi connectivity index (χ3n) is 9.10. The molecule has 0 saturated carbocycles. The van der Waals surface area contributed by atoms with Gasteiger partial charge in [0.15, 0.2) is 0 Å². The van der Waals surface area contributed by atoms with Gasteiger partial charge in [-0.15, -0.1) is 0 Å². The molecule has 2 aliphatic rings. The summed E-state index contributed by atoms with van der Waals surface area (Å²) in [5.41, 5.74) is 2.82. The van der Waals surface area contributed by atoms with Crippen LogP contribution in [0.3, 0.4) is 0 Å². The van der Waals surface area contributed by atoms with E-state index >= 15 is 0 Å². The minimum Gasteiger partial charge on any atom is -0.384 e. The van der Waals surface area contributed by atoms with Gasteiger partial charge in [0, 0.05) is 64.4 Å². The highest BCUT2D eigenvalue weighted by atomic mass is 32.2. The van der Waals surface area contributed by atoms with E-state index < -0.39 is 10.0 Å². The normalized spacial score (nSPS) is 17.7. The predicted octanol–water partition coefficient (Wildman–Crippen LogP) is 8.94. The van der Waals surface area contributed by atoms with Gasteiger partial charge in [-0.3, -0.25) is 9.80 Å². The molecule has 2 aromatic rings. The van der Waals surface area contributed by atoms with Crippen molar-refractivity contribution in [1.82, 2.24) is 14.5 Å². The van der Waals surface area contributed by atoms with Crippen molar-refractivity contribution in [2.24, 2.45) is 11.8 Å². The van der Waals surface area contributed by atoms with Gasteiger partial charge in [-0.1, -0.05) is 103 Å². The Balaban J connectivity index is 0. The van der Waals surface area contributed by atoms with Crippen molar-refractivity contribution in [3.63, 3.8) is 0 Å². The van der Waals surface area contributed by atoms with Gasteiger partial charge in [-0.05, 0) is 77.3 Å². The Morgan fingerprint density at radius 3 is 1.54 bits per heavy atom. The van der Waals surface area contributed by atoms with Gasteiger partial charge >= 0.3 is 0 Å². The second-order valence-electron chi connectivity index (χ2n) is 15.4. The second kappa shape index (κ2) is 28.6. The lowest BCUT2D eigenvalue weighted by molar-refractivity contribution is -0.0437. The molecule has 2 saturated heterocycles. The molecule has 2 aromatic carbocycles. The van der Waals surface area contributed by atoms with Crippen molar-refractivity contribution < 1.29 is 22.6 Å². The Bertz CT molecular complexity index is 1200. The van der Waals surface area contributed by atoms with Crippen molar-refractivity contribution in [3.8, 4) is 0 Å². The molecule has 0 aromatic heterocycles. The summed E-state index contributed by atoms with van der Waals surface area (Å²) in [6.07, 6.45) is 2.08. The van der Waals surface area contributed by atoms with Crippen LogP contribution in [-0.2, 0) is 24.2 Å². The number of ether oxygens (including phenoxy) is 3. The van der Waals surface area contributed by atoms with Crippen LogP contribution in [0.5, 0.6) is 0 Å². The van der Waals surface area contributed by atoms with E-state index in [0.717, 1.165) is 51.6 Å². The number of benzene rings is 2. The molecule has 0 amide bonds. The highest BCUT2D eigenvalue weighted by Crippen LogP contribution is 2.24. The molecule has 1 N–H and O–H groups in total. The number of nitrogens with one attached hydrogen (secondary N) is 1. The topological polar surface area (TPSA) is 80.3 Å². The van der Waals surface area contributed by atoms with E-state index in [4.69, 9.17) is 14.2 Å². The van der Waals surface area contributed by atoms with Gasteiger partial charge in [0.05, 0.1) is 31.7 Å². The quantitative estimate of drug-likeness (QED) is 0.246. The lowest BCUT2D eigenvalue weighted by Crippen LogP contribution is -2.54. The standard InChI is InChI=1S/C12H18O.C11H16.C8H17NO.C7H15NO.C4H11NO2S.CH4/c1-10(2)12(9-13-3)11-7-5-4-6-8-11;1-9(2)10(3)11-7-5-4-6-8-11;1-7(2)9-4-5-10-8(3)6-9;1-6(2)8-4-7(5-8)9-3;1-4(2)5-8(3,6)7;/h4-8,10,12H,9H2,1-3H3;4-10H,1-3H3;7-8H,4-6H2,1-3H3;6-7H,4-5H2,1-3H3;4-5H,1-3H3;1H4. The highest BCUT2D eigenvalue weighted by molar-refractivity contribution is 7.88. The maximum atomic E-state index is 10.3. The van der Waals surface area contributed by atoms with Crippen molar-refractivity contribution in [2.75, 3.05) is 59.9 Å². The summed E-state index contributed by atoms with van der Waals surface area (Å²) < 4.78 is 38.8. The van der Waals surface area contributed by atoms with E-state index in [1.807, 2.05) is 6.07 Å². The maximum absolute atomic E-state index is 10.3. The fourth-order valence-electron chi connectivity index (χ4n) is 5.48. The predicted molar refractivity (Wildman–Crippen MR) is 225 cm³/mol. The molecule has 3 atom stereocenters. The third kappa shape index (κ3) is 24.5. The summed E-state index contributed by atoms with van der Waals surface area (Å²) in [6, 6.07) is 22.6.